The van der Waals surface area contributed by atoms with Crippen molar-refractivity contribution in [3.63, 3.8) is 0 Å². The smallest absolute Gasteiger partial charge is 0.0771 e. The van der Waals surface area contributed by atoms with Crippen LogP contribution >= 0.6 is 0 Å². The molecule has 0 bridgehead atoms. The molecule has 3 N–H and O–H groups in total. The Morgan fingerprint density at radius 3 is 2.44 bits per heavy atom. The fourth-order valence-corrected chi connectivity index (χ4v) is 1.74. The first-order chi connectivity index (χ1) is 8.71. The molecule has 1 aromatic rings. The first kappa shape index (κ1) is 15.0. The van der Waals surface area contributed by atoms with Gasteiger partial charge in [-0.15, -0.1) is 0 Å². The Bertz CT molecular complexity index is 326. The third-order valence-electron chi connectivity index (χ3n) is 3.00. The van der Waals surface area contributed by atoms with E-state index < -0.39 is 6.10 Å². The lowest BCUT2D eigenvalue weighted by Crippen LogP contribution is -2.41. The van der Waals surface area contributed by atoms with Crippen molar-refractivity contribution < 1.29 is 10.2 Å². The lowest BCUT2D eigenvalue weighted by Gasteiger charge is -2.19. The topological polar surface area (TPSA) is 78.3 Å². The number of hydrogen-bond acceptors (Lipinski definition) is 5. The minimum absolute atomic E-state index is 0.0975. The van der Waals surface area contributed by atoms with Gasteiger partial charge in [-0.3, -0.25) is 9.97 Å². The molecule has 0 unspecified atom stereocenters. The van der Waals surface area contributed by atoms with Crippen molar-refractivity contribution in [2.24, 2.45) is 0 Å². The van der Waals surface area contributed by atoms with E-state index in [4.69, 9.17) is 5.11 Å². The summed E-state index contributed by atoms with van der Waals surface area (Å²) in [7, 11) is 1.71. The largest absolute Gasteiger partial charge is 0.395 e. The van der Waals surface area contributed by atoms with Gasteiger partial charge in [0.25, 0.3) is 0 Å². The Morgan fingerprint density at radius 2 is 1.94 bits per heavy atom. The van der Waals surface area contributed by atoms with Crippen molar-refractivity contribution in [3.8, 4) is 0 Å². The number of nitrogens with one attached hydrogen (secondary N) is 1. The summed E-state index contributed by atoms with van der Waals surface area (Å²) in [5.74, 6) is 0. The summed E-state index contributed by atoms with van der Waals surface area (Å²) in [5, 5.41) is 21.8. The van der Waals surface area contributed by atoms with Gasteiger partial charge in [0.2, 0.25) is 0 Å². The molecule has 0 spiro atoms. The van der Waals surface area contributed by atoms with Gasteiger partial charge in [-0.25, -0.2) is 0 Å². The van der Waals surface area contributed by atoms with Crippen molar-refractivity contribution in [1.82, 2.24) is 15.3 Å². The molecule has 0 saturated heterocycles. The van der Waals surface area contributed by atoms with Crippen LogP contribution in [-0.2, 0) is 12.8 Å². The van der Waals surface area contributed by atoms with Crippen LogP contribution in [0.1, 0.15) is 31.2 Å². The minimum Gasteiger partial charge on any atom is -0.395 e. The van der Waals surface area contributed by atoms with Crippen LogP contribution < -0.4 is 5.32 Å². The fourth-order valence-electron chi connectivity index (χ4n) is 1.74. The van der Waals surface area contributed by atoms with Gasteiger partial charge in [0.05, 0.1) is 30.1 Å². The molecule has 5 heteroatoms. The Kier molecular flexibility index (Phi) is 6.78. The molecule has 0 amide bonds. The summed E-state index contributed by atoms with van der Waals surface area (Å²) in [6.45, 7) is 2.05. The van der Waals surface area contributed by atoms with Gasteiger partial charge in [0.1, 0.15) is 0 Å². The van der Waals surface area contributed by atoms with Crippen LogP contribution in [-0.4, -0.2) is 46.0 Å². The first-order valence-corrected chi connectivity index (χ1v) is 6.47. The standard InChI is InChI=1S/C13H23N3O2/c1-3-4-5-10-7-16-11(8-15-10)6-13(18)12(9-17)14-2/h7-8,12-14,17-18H,3-6,9H2,1-2H3/t12-,13+/m0/s1. The predicted molar refractivity (Wildman–Crippen MR) is 70.3 cm³/mol. The van der Waals surface area contributed by atoms with Crippen molar-refractivity contribution in [2.75, 3.05) is 13.7 Å². The molecule has 0 fully saturated rings. The van der Waals surface area contributed by atoms with E-state index in [0.717, 1.165) is 30.7 Å². The van der Waals surface area contributed by atoms with Gasteiger partial charge in [-0.05, 0) is 19.9 Å². The average Bonchev–Trinajstić information content (AvgIpc) is 2.39. The Morgan fingerprint density at radius 1 is 1.28 bits per heavy atom. The zero-order valence-corrected chi connectivity index (χ0v) is 11.1. The maximum Gasteiger partial charge on any atom is 0.0771 e. The minimum atomic E-state index is -0.657. The SMILES string of the molecule is CCCCc1cnc(C[C@@H](O)[C@H](CO)NC)cn1. The van der Waals surface area contributed by atoms with Crippen molar-refractivity contribution in [2.45, 2.75) is 44.8 Å². The van der Waals surface area contributed by atoms with E-state index in [1.807, 2.05) is 0 Å². The van der Waals surface area contributed by atoms with Gasteiger partial charge in [0.15, 0.2) is 0 Å². The number of nitrogens with zero attached hydrogens (tertiary/aromatic N) is 2. The number of rotatable bonds is 8. The molecule has 0 aromatic carbocycles. The summed E-state index contributed by atoms with van der Waals surface area (Å²) in [6, 6.07) is -0.327. The second-order valence-electron chi connectivity index (χ2n) is 4.45. The van der Waals surface area contributed by atoms with Gasteiger partial charge in [-0.2, -0.15) is 0 Å². The zero-order chi connectivity index (χ0) is 13.4. The number of hydrogen-bond donors (Lipinski definition) is 3. The van der Waals surface area contributed by atoms with E-state index in [9.17, 15) is 5.11 Å². The molecule has 0 radical (unpaired) electrons. The van der Waals surface area contributed by atoms with Crippen LogP contribution in [0.2, 0.25) is 0 Å². The van der Waals surface area contributed by atoms with Crippen molar-refractivity contribution in [3.05, 3.63) is 23.8 Å². The number of aliphatic hydroxyl groups is 2. The van der Waals surface area contributed by atoms with Crippen LogP contribution in [0.4, 0.5) is 0 Å². The molecule has 1 aromatic heterocycles. The van der Waals surface area contributed by atoms with Crippen molar-refractivity contribution >= 4 is 0 Å². The molecular weight excluding hydrogens is 230 g/mol. The predicted octanol–water partition coefficient (Wildman–Crippen LogP) is 0.303. The number of unbranched alkanes of at least 4 members (excludes halogenated alkanes) is 1. The third kappa shape index (κ3) is 4.68. The molecule has 0 aliphatic rings. The number of aryl methyl sites for hydroxylation is 1. The van der Waals surface area contributed by atoms with Crippen LogP contribution in [0.3, 0.4) is 0 Å². The Hall–Kier alpha value is -1.04. The highest BCUT2D eigenvalue weighted by atomic mass is 16.3. The van der Waals surface area contributed by atoms with Crippen LogP contribution in [0.25, 0.3) is 0 Å². The average molecular weight is 253 g/mol. The number of aliphatic hydroxyl groups excluding tert-OH is 2. The lowest BCUT2D eigenvalue weighted by molar-refractivity contribution is 0.0934. The monoisotopic (exact) mass is 253 g/mol. The summed E-state index contributed by atoms with van der Waals surface area (Å²) in [4.78, 5) is 8.61. The van der Waals surface area contributed by atoms with E-state index in [1.54, 1.807) is 19.4 Å². The zero-order valence-electron chi connectivity index (χ0n) is 11.1. The normalized spacial score (nSPS) is 14.4. The van der Waals surface area contributed by atoms with Crippen LogP contribution in [0.15, 0.2) is 12.4 Å². The maximum atomic E-state index is 9.88. The lowest BCUT2D eigenvalue weighted by atomic mass is 10.1. The molecule has 1 heterocycles. The Labute approximate surface area is 108 Å². The van der Waals surface area contributed by atoms with E-state index in [2.05, 4.69) is 22.2 Å². The highest BCUT2D eigenvalue weighted by molar-refractivity contribution is 5.04. The fraction of sp³-hybridized carbons (Fsp3) is 0.692. The first-order valence-electron chi connectivity index (χ1n) is 6.47. The molecule has 1 rings (SSSR count). The van der Waals surface area contributed by atoms with E-state index in [-0.39, 0.29) is 12.6 Å². The van der Waals surface area contributed by atoms with Crippen molar-refractivity contribution in [1.29, 1.82) is 0 Å². The maximum absolute atomic E-state index is 9.88. The van der Waals surface area contributed by atoms with Gasteiger partial charge in [-0.1, -0.05) is 13.3 Å². The van der Waals surface area contributed by atoms with Crippen LogP contribution in [0, 0.1) is 0 Å². The van der Waals surface area contributed by atoms with Gasteiger partial charge in [0, 0.05) is 18.8 Å². The number of likely N-dealkylation sites (N-methyl/N-ethyl adjacent to an activating group) is 1. The molecule has 0 saturated carbocycles. The molecule has 2 atom stereocenters. The van der Waals surface area contributed by atoms with Crippen LogP contribution in [0.5, 0.6) is 0 Å². The van der Waals surface area contributed by atoms with E-state index in [0.29, 0.717) is 6.42 Å². The number of aromatic nitrogens is 2. The second kappa shape index (κ2) is 8.13. The highest BCUT2D eigenvalue weighted by Gasteiger charge is 2.17. The highest BCUT2D eigenvalue weighted by Crippen LogP contribution is 2.05. The summed E-state index contributed by atoms with van der Waals surface area (Å²) >= 11 is 0. The van der Waals surface area contributed by atoms with E-state index in [1.165, 1.54) is 0 Å². The summed E-state index contributed by atoms with van der Waals surface area (Å²) in [5.41, 5.74) is 1.74. The van der Waals surface area contributed by atoms with Gasteiger partial charge >= 0.3 is 0 Å². The Balaban J connectivity index is 2.52. The molecule has 5 nitrogen and oxygen atoms in total. The quantitative estimate of drug-likeness (QED) is 0.621. The molecule has 0 aliphatic heterocycles. The van der Waals surface area contributed by atoms with E-state index >= 15 is 0 Å². The molecule has 0 aliphatic carbocycles. The molecule has 18 heavy (non-hydrogen) atoms. The molecule has 102 valence electrons. The molecular formula is C13H23N3O2. The summed E-state index contributed by atoms with van der Waals surface area (Å²) in [6.07, 6.45) is 6.42. The summed E-state index contributed by atoms with van der Waals surface area (Å²) < 4.78 is 0. The third-order valence-corrected chi connectivity index (χ3v) is 3.00. The second-order valence-corrected chi connectivity index (χ2v) is 4.45. The van der Waals surface area contributed by atoms with Gasteiger partial charge < -0.3 is 15.5 Å².